The lowest BCUT2D eigenvalue weighted by Crippen LogP contribution is -2.27. The van der Waals surface area contributed by atoms with Crippen LogP contribution in [0.15, 0.2) is 65.6 Å². The quantitative estimate of drug-likeness (QED) is 0.592. The van der Waals surface area contributed by atoms with Crippen molar-refractivity contribution in [1.29, 1.82) is 0 Å². The van der Waals surface area contributed by atoms with E-state index < -0.39 is 17.8 Å². The number of thiophene rings is 1. The standard InChI is InChI=1S/C18H11F3N6OS2/c19-18(20,21)15-7-11(14-4-2-6-29-14)23-16-8-12(25-27(15)16)17(28)24-10-3-1-5-26-13(10)9-22-30-26/h1-9,22H,(H,24,28). The van der Waals surface area contributed by atoms with Crippen LogP contribution in [0, 0.1) is 0 Å². The zero-order valence-corrected chi connectivity index (χ0v) is 16.5. The first kappa shape index (κ1) is 18.8. The number of aromatic nitrogens is 3. The summed E-state index contributed by atoms with van der Waals surface area (Å²) in [5, 5.41) is 8.33. The highest BCUT2D eigenvalue weighted by atomic mass is 32.2. The lowest BCUT2D eigenvalue weighted by atomic mass is 10.2. The number of fused-ring (bicyclic) bond motifs is 2. The van der Waals surface area contributed by atoms with E-state index in [1.54, 1.807) is 40.2 Å². The molecule has 7 nitrogen and oxygen atoms in total. The number of nitrogens with zero attached hydrogens (tertiary/aromatic N) is 4. The summed E-state index contributed by atoms with van der Waals surface area (Å²) in [7, 11) is 0. The Morgan fingerprint density at radius 3 is 2.90 bits per heavy atom. The minimum Gasteiger partial charge on any atom is -0.319 e. The Hall–Kier alpha value is -3.25. The Morgan fingerprint density at radius 1 is 1.27 bits per heavy atom. The molecule has 0 aliphatic carbocycles. The van der Waals surface area contributed by atoms with Crippen LogP contribution in [0.5, 0.6) is 0 Å². The van der Waals surface area contributed by atoms with Crippen LogP contribution in [0.4, 0.5) is 13.2 Å². The number of rotatable bonds is 3. The van der Waals surface area contributed by atoms with Crippen molar-refractivity contribution in [2.75, 3.05) is 0 Å². The summed E-state index contributed by atoms with van der Waals surface area (Å²) in [5.41, 5.74) is 0.160. The zero-order chi connectivity index (χ0) is 20.9. The van der Waals surface area contributed by atoms with Crippen LogP contribution >= 0.6 is 23.5 Å². The lowest BCUT2D eigenvalue weighted by molar-refractivity contribution is -0.142. The third kappa shape index (κ3) is 3.23. The van der Waals surface area contributed by atoms with Gasteiger partial charge in [0.15, 0.2) is 17.0 Å². The van der Waals surface area contributed by atoms with Gasteiger partial charge in [-0.25, -0.2) is 9.50 Å². The molecule has 0 spiro atoms. The maximum absolute atomic E-state index is 13.6. The summed E-state index contributed by atoms with van der Waals surface area (Å²) < 4.78 is 46.3. The highest BCUT2D eigenvalue weighted by Gasteiger charge is 2.36. The molecule has 0 unspecified atom stereocenters. The van der Waals surface area contributed by atoms with E-state index in [4.69, 9.17) is 0 Å². The molecule has 0 fully saturated rings. The molecule has 5 heterocycles. The van der Waals surface area contributed by atoms with E-state index in [-0.39, 0.29) is 17.0 Å². The Morgan fingerprint density at radius 2 is 2.13 bits per heavy atom. The van der Waals surface area contributed by atoms with Crippen molar-refractivity contribution >= 4 is 35.0 Å². The maximum Gasteiger partial charge on any atom is 0.433 e. The van der Waals surface area contributed by atoms with Gasteiger partial charge in [0.1, 0.15) is 0 Å². The molecule has 12 heteroatoms. The van der Waals surface area contributed by atoms with Crippen LogP contribution in [0.2, 0.25) is 0 Å². The van der Waals surface area contributed by atoms with Gasteiger partial charge in [-0.1, -0.05) is 6.07 Å². The third-order valence-corrected chi connectivity index (χ3v) is 5.95. The lowest BCUT2D eigenvalue weighted by Gasteiger charge is -2.20. The Labute approximate surface area is 175 Å². The summed E-state index contributed by atoms with van der Waals surface area (Å²) in [6, 6.07) is 5.60. The van der Waals surface area contributed by atoms with Gasteiger partial charge < -0.3 is 10.0 Å². The number of nitrogens with one attached hydrogen (secondary N) is 2. The molecule has 0 saturated carbocycles. The number of amides is 1. The van der Waals surface area contributed by atoms with Crippen LogP contribution in [0.1, 0.15) is 16.2 Å². The first-order valence-electron chi connectivity index (χ1n) is 8.54. The molecule has 152 valence electrons. The fourth-order valence-corrected chi connectivity index (χ4v) is 4.34. The molecule has 2 aliphatic heterocycles. The third-order valence-electron chi connectivity index (χ3n) is 4.32. The number of carbonyl (C=O) groups is 1. The van der Waals surface area contributed by atoms with Crippen molar-refractivity contribution in [2.45, 2.75) is 6.18 Å². The van der Waals surface area contributed by atoms with Crippen LogP contribution in [0.25, 0.3) is 16.2 Å². The molecule has 0 saturated heterocycles. The maximum atomic E-state index is 13.6. The summed E-state index contributed by atoms with van der Waals surface area (Å²) in [5.74, 6) is -0.634. The SMILES string of the molecule is O=C(NC1=CC=CN2SNC=C12)c1cc2nc(-c3cccs3)cc(C(F)(F)F)n2n1. The molecular formula is C18H11F3N6OS2. The van der Waals surface area contributed by atoms with Gasteiger partial charge in [0, 0.05) is 18.5 Å². The van der Waals surface area contributed by atoms with Crippen molar-refractivity contribution in [1.82, 2.24) is 28.9 Å². The van der Waals surface area contributed by atoms with Gasteiger partial charge in [-0.2, -0.15) is 18.3 Å². The second-order valence-electron chi connectivity index (χ2n) is 6.24. The van der Waals surface area contributed by atoms with Crippen LogP contribution in [-0.2, 0) is 6.18 Å². The first-order valence-corrected chi connectivity index (χ1v) is 10.2. The highest BCUT2D eigenvalue weighted by Crippen LogP contribution is 2.34. The van der Waals surface area contributed by atoms with Crippen molar-refractivity contribution < 1.29 is 18.0 Å². The summed E-state index contributed by atoms with van der Waals surface area (Å²) in [4.78, 5) is 17.6. The molecular weight excluding hydrogens is 437 g/mol. The zero-order valence-electron chi connectivity index (χ0n) is 14.8. The summed E-state index contributed by atoms with van der Waals surface area (Å²) >= 11 is 2.60. The summed E-state index contributed by atoms with van der Waals surface area (Å²) in [6.07, 6.45) is 2.29. The number of alkyl halides is 3. The molecule has 2 N–H and O–H groups in total. The van der Waals surface area contributed by atoms with Crippen LogP contribution in [-0.4, -0.2) is 24.8 Å². The molecule has 0 aromatic carbocycles. The van der Waals surface area contributed by atoms with E-state index in [1.807, 2.05) is 6.20 Å². The van der Waals surface area contributed by atoms with Gasteiger partial charge in [-0.3, -0.25) is 9.10 Å². The molecule has 30 heavy (non-hydrogen) atoms. The van der Waals surface area contributed by atoms with Gasteiger partial charge >= 0.3 is 6.18 Å². The smallest absolute Gasteiger partial charge is 0.319 e. The van der Waals surface area contributed by atoms with E-state index in [0.717, 1.165) is 6.07 Å². The van der Waals surface area contributed by atoms with Crippen LogP contribution < -0.4 is 10.0 Å². The number of allylic oxidation sites excluding steroid dienone is 2. The first-order chi connectivity index (χ1) is 14.4. The highest BCUT2D eigenvalue weighted by molar-refractivity contribution is 7.95. The van der Waals surface area contributed by atoms with E-state index in [2.05, 4.69) is 20.1 Å². The number of halogens is 3. The minimum atomic E-state index is -4.66. The number of hydrogen-bond acceptors (Lipinski definition) is 7. The monoisotopic (exact) mass is 448 g/mol. The topological polar surface area (TPSA) is 74.6 Å². The second kappa shape index (κ2) is 6.92. The molecule has 2 aliphatic rings. The molecule has 0 bridgehead atoms. The predicted octanol–water partition coefficient (Wildman–Crippen LogP) is 3.93. The van der Waals surface area contributed by atoms with E-state index in [0.29, 0.717) is 20.8 Å². The van der Waals surface area contributed by atoms with E-state index >= 15 is 0 Å². The largest absolute Gasteiger partial charge is 0.433 e. The van der Waals surface area contributed by atoms with Crippen molar-refractivity contribution in [3.05, 3.63) is 77.0 Å². The van der Waals surface area contributed by atoms with Gasteiger partial charge in [-0.15, -0.1) is 11.3 Å². The molecule has 5 rings (SSSR count). The molecule has 3 aromatic heterocycles. The molecule has 1 amide bonds. The van der Waals surface area contributed by atoms with Gasteiger partial charge in [0.25, 0.3) is 5.91 Å². The Bertz CT molecular complexity index is 1240. The fraction of sp³-hybridized carbons (Fsp3) is 0.0556. The van der Waals surface area contributed by atoms with Crippen molar-refractivity contribution in [2.24, 2.45) is 0 Å². The van der Waals surface area contributed by atoms with E-state index in [9.17, 15) is 18.0 Å². The average molecular weight is 448 g/mol. The molecule has 0 radical (unpaired) electrons. The number of carbonyl (C=O) groups excluding carboxylic acids is 1. The van der Waals surface area contributed by atoms with Crippen LogP contribution in [0.3, 0.4) is 0 Å². The van der Waals surface area contributed by atoms with Gasteiger partial charge in [0.2, 0.25) is 0 Å². The van der Waals surface area contributed by atoms with Crippen molar-refractivity contribution in [3.63, 3.8) is 0 Å². The van der Waals surface area contributed by atoms with Gasteiger partial charge in [0.05, 0.1) is 34.1 Å². The van der Waals surface area contributed by atoms with Crippen molar-refractivity contribution in [3.8, 4) is 10.6 Å². The Balaban J connectivity index is 1.53. The summed E-state index contributed by atoms with van der Waals surface area (Å²) in [6.45, 7) is 0. The molecule has 3 aromatic rings. The predicted molar refractivity (Wildman–Crippen MR) is 107 cm³/mol. The minimum absolute atomic E-state index is 0.0603. The Kier molecular flexibility index (Phi) is 4.33. The molecule has 0 atom stereocenters. The average Bonchev–Trinajstić information content (AvgIpc) is 3.45. The van der Waals surface area contributed by atoms with E-state index in [1.165, 1.54) is 29.5 Å². The second-order valence-corrected chi connectivity index (χ2v) is 8.00. The van der Waals surface area contributed by atoms with Gasteiger partial charge in [-0.05, 0) is 29.7 Å². The fourth-order valence-electron chi connectivity index (χ4n) is 2.99. The number of hydrogen-bond donors (Lipinski definition) is 2. The normalized spacial score (nSPS) is 15.6.